The molecule has 0 radical (unpaired) electrons. The summed E-state index contributed by atoms with van der Waals surface area (Å²) in [7, 11) is 0. The predicted molar refractivity (Wildman–Crippen MR) is 71.0 cm³/mol. The largest absolute Gasteiger partial charge is 0.399 e. The standard InChI is InChI=1S/C14H15N3/c1-14-7-6-9(15)8-11(14)13(16)10-4-2-3-5-12(10)17-14/h2-8,17H,15-16H2,1H3. The highest BCUT2D eigenvalue weighted by atomic mass is 15.0. The summed E-state index contributed by atoms with van der Waals surface area (Å²) in [5.74, 6) is 0. The maximum absolute atomic E-state index is 6.25. The van der Waals surface area contributed by atoms with Crippen LogP contribution in [0, 0.1) is 0 Å². The Labute approximate surface area is 101 Å². The van der Waals surface area contributed by atoms with Gasteiger partial charge in [-0.15, -0.1) is 0 Å². The van der Waals surface area contributed by atoms with Crippen LogP contribution in [0.5, 0.6) is 0 Å². The predicted octanol–water partition coefficient (Wildman–Crippen LogP) is 1.95. The van der Waals surface area contributed by atoms with Crippen LogP contribution >= 0.6 is 0 Å². The van der Waals surface area contributed by atoms with Gasteiger partial charge in [-0.1, -0.05) is 24.3 Å². The number of benzene rings is 1. The van der Waals surface area contributed by atoms with Gasteiger partial charge in [0, 0.05) is 28.2 Å². The Morgan fingerprint density at radius 1 is 1.18 bits per heavy atom. The van der Waals surface area contributed by atoms with Gasteiger partial charge >= 0.3 is 0 Å². The Morgan fingerprint density at radius 3 is 2.76 bits per heavy atom. The molecule has 0 aromatic heterocycles. The number of allylic oxidation sites excluding steroid dienone is 1. The smallest absolute Gasteiger partial charge is 0.0806 e. The molecule has 0 bridgehead atoms. The summed E-state index contributed by atoms with van der Waals surface area (Å²) in [6, 6.07) is 8.05. The number of hydrogen-bond acceptors (Lipinski definition) is 3. The maximum Gasteiger partial charge on any atom is 0.0806 e. The first-order chi connectivity index (χ1) is 8.10. The summed E-state index contributed by atoms with van der Waals surface area (Å²) >= 11 is 0. The number of rotatable bonds is 0. The van der Waals surface area contributed by atoms with Gasteiger partial charge in [0.25, 0.3) is 0 Å². The van der Waals surface area contributed by atoms with Crippen molar-refractivity contribution in [3.05, 3.63) is 59.3 Å². The molecule has 1 aliphatic carbocycles. The van der Waals surface area contributed by atoms with E-state index in [0.717, 1.165) is 28.2 Å². The lowest BCUT2D eigenvalue weighted by Crippen LogP contribution is -2.40. The number of anilines is 1. The summed E-state index contributed by atoms with van der Waals surface area (Å²) in [6.45, 7) is 2.10. The van der Waals surface area contributed by atoms with Crippen molar-refractivity contribution in [1.82, 2.24) is 0 Å². The molecule has 86 valence electrons. The quantitative estimate of drug-likeness (QED) is 0.632. The fraction of sp³-hybridized carbons (Fsp3) is 0.143. The molecule has 0 fully saturated rings. The van der Waals surface area contributed by atoms with E-state index in [1.807, 2.05) is 36.4 Å². The number of fused-ring (bicyclic) bond motifs is 2. The van der Waals surface area contributed by atoms with Crippen LogP contribution in [0.15, 0.2) is 53.8 Å². The van der Waals surface area contributed by atoms with Crippen molar-refractivity contribution < 1.29 is 0 Å². The molecule has 0 spiro atoms. The van der Waals surface area contributed by atoms with E-state index < -0.39 is 0 Å². The van der Waals surface area contributed by atoms with E-state index in [1.54, 1.807) is 0 Å². The van der Waals surface area contributed by atoms with Crippen molar-refractivity contribution in [2.24, 2.45) is 11.5 Å². The van der Waals surface area contributed by atoms with Gasteiger partial charge in [-0.05, 0) is 25.1 Å². The van der Waals surface area contributed by atoms with Crippen molar-refractivity contribution >= 4 is 11.4 Å². The molecule has 3 heteroatoms. The fourth-order valence-corrected chi connectivity index (χ4v) is 2.44. The molecule has 1 heterocycles. The monoisotopic (exact) mass is 225 g/mol. The van der Waals surface area contributed by atoms with Crippen LogP contribution in [0.2, 0.25) is 0 Å². The van der Waals surface area contributed by atoms with Crippen molar-refractivity contribution in [1.29, 1.82) is 0 Å². The number of hydrogen-bond donors (Lipinski definition) is 3. The van der Waals surface area contributed by atoms with Crippen LogP contribution in [0.3, 0.4) is 0 Å². The lowest BCUT2D eigenvalue weighted by Gasteiger charge is -2.38. The second-order valence-electron chi connectivity index (χ2n) is 4.68. The summed E-state index contributed by atoms with van der Waals surface area (Å²) in [5, 5.41) is 3.50. The number of para-hydroxylation sites is 1. The molecule has 3 rings (SSSR count). The van der Waals surface area contributed by atoms with Gasteiger partial charge in [0.2, 0.25) is 0 Å². The van der Waals surface area contributed by atoms with Crippen LogP contribution in [-0.4, -0.2) is 5.54 Å². The Balaban J connectivity index is 2.27. The summed E-state index contributed by atoms with van der Waals surface area (Å²) in [6.07, 6.45) is 5.91. The average molecular weight is 225 g/mol. The van der Waals surface area contributed by atoms with Crippen LogP contribution in [0.25, 0.3) is 5.70 Å². The summed E-state index contributed by atoms with van der Waals surface area (Å²) in [5.41, 5.74) is 16.5. The average Bonchev–Trinajstić information content (AvgIpc) is 2.32. The van der Waals surface area contributed by atoms with Crippen molar-refractivity contribution in [2.75, 3.05) is 5.32 Å². The summed E-state index contributed by atoms with van der Waals surface area (Å²) in [4.78, 5) is 0. The molecule has 0 amide bonds. The third-order valence-corrected chi connectivity index (χ3v) is 3.38. The minimum absolute atomic E-state index is 0.263. The van der Waals surface area contributed by atoms with E-state index in [1.165, 1.54) is 0 Å². The lowest BCUT2D eigenvalue weighted by atomic mass is 9.81. The Morgan fingerprint density at radius 2 is 1.94 bits per heavy atom. The third-order valence-electron chi connectivity index (χ3n) is 3.38. The minimum atomic E-state index is -0.263. The molecule has 1 aromatic rings. The van der Waals surface area contributed by atoms with Gasteiger partial charge < -0.3 is 16.8 Å². The van der Waals surface area contributed by atoms with Crippen LogP contribution in [-0.2, 0) is 0 Å². The number of nitrogens with two attached hydrogens (primary N) is 2. The van der Waals surface area contributed by atoms with Crippen molar-refractivity contribution in [3.63, 3.8) is 0 Å². The maximum atomic E-state index is 6.25. The molecule has 2 aliphatic rings. The van der Waals surface area contributed by atoms with E-state index in [2.05, 4.69) is 18.3 Å². The molecule has 1 unspecified atom stereocenters. The molecule has 17 heavy (non-hydrogen) atoms. The highest BCUT2D eigenvalue weighted by molar-refractivity contribution is 5.85. The fourth-order valence-electron chi connectivity index (χ4n) is 2.44. The lowest BCUT2D eigenvalue weighted by molar-refractivity contribution is 0.746. The Kier molecular flexibility index (Phi) is 1.87. The molecule has 0 saturated heterocycles. The van der Waals surface area contributed by atoms with Crippen LogP contribution in [0.1, 0.15) is 12.5 Å². The molecule has 1 atom stereocenters. The van der Waals surface area contributed by atoms with Crippen molar-refractivity contribution in [2.45, 2.75) is 12.5 Å². The van der Waals surface area contributed by atoms with Gasteiger partial charge in [0.15, 0.2) is 0 Å². The van der Waals surface area contributed by atoms with Gasteiger partial charge in [0.1, 0.15) is 0 Å². The van der Waals surface area contributed by atoms with Crippen LogP contribution < -0.4 is 16.8 Å². The minimum Gasteiger partial charge on any atom is -0.399 e. The summed E-state index contributed by atoms with van der Waals surface area (Å²) < 4.78 is 0. The van der Waals surface area contributed by atoms with Crippen LogP contribution in [0.4, 0.5) is 5.69 Å². The number of nitrogens with one attached hydrogen (secondary N) is 1. The first-order valence-electron chi connectivity index (χ1n) is 5.64. The zero-order valence-corrected chi connectivity index (χ0v) is 9.70. The molecule has 5 N–H and O–H groups in total. The van der Waals surface area contributed by atoms with E-state index in [-0.39, 0.29) is 5.54 Å². The van der Waals surface area contributed by atoms with E-state index >= 15 is 0 Å². The highest BCUT2D eigenvalue weighted by Crippen LogP contribution is 2.39. The Bertz CT molecular complexity index is 581. The zero-order valence-electron chi connectivity index (χ0n) is 9.70. The molecule has 3 nitrogen and oxygen atoms in total. The SMILES string of the molecule is CC12C=CC(N)=CC1=C(N)c1ccccc1N2. The molecular weight excluding hydrogens is 210 g/mol. The topological polar surface area (TPSA) is 64.1 Å². The van der Waals surface area contributed by atoms with Gasteiger partial charge in [-0.25, -0.2) is 0 Å². The molecule has 1 aromatic carbocycles. The van der Waals surface area contributed by atoms with Gasteiger partial charge in [-0.2, -0.15) is 0 Å². The second kappa shape index (κ2) is 3.17. The molecule has 0 saturated carbocycles. The first kappa shape index (κ1) is 10.0. The van der Waals surface area contributed by atoms with Gasteiger partial charge in [-0.3, -0.25) is 0 Å². The Hall–Kier alpha value is -2.16. The first-order valence-corrected chi connectivity index (χ1v) is 5.64. The van der Waals surface area contributed by atoms with E-state index in [4.69, 9.17) is 11.5 Å². The highest BCUT2D eigenvalue weighted by Gasteiger charge is 2.34. The van der Waals surface area contributed by atoms with E-state index in [0.29, 0.717) is 0 Å². The van der Waals surface area contributed by atoms with Crippen molar-refractivity contribution in [3.8, 4) is 0 Å². The normalized spacial score (nSPS) is 25.8. The molecular formula is C14H15N3. The third kappa shape index (κ3) is 1.35. The van der Waals surface area contributed by atoms with Gasteiger partial charge in [0.05, 0.1) is 5.54 Å². The second-order valence-corrected chi connectivity index (χ2v) is 4.68. The molecule has 1 aliphatic heterocycles. The zero-order chi connectivity index (χ0) is 12.0. The van der Waals surface area contributed by atoms with E-state index in [9.17, 15) is 0 Å².